The van der Waals surface area contributed by atoms with Crippen LogP contribution in [0.15, 0.2) is 36.4 Å². The largest absolute Gasteiger partial charge is 0.490 e. The molecule has 23 heavy (non-hydrogen) atoms. The summed E-state index contributed by atoms with van der Waals surface area (Å²) in [5.74, 6) is 0.913. The van der Waals surface area contributed by atoms with Gasteiger partial charge in [-0.2, -0.15) is 0 Å². The van der Waals surface area contributed by atoms with Crippen molar-refractivity contribution < 1.29 is 19.2 Å². The van der Waals surface area contributed by atoms with Crippen molar-refractivity contribution in [3.05, 3.63) is 61.2 Å². The summed E-state index contributed by atoms with van der Waals surface area (Å²) in [4.78, 5) is 21.5. The Labute approximate surface area is 146 Å². The first-order chi connectivity index (χ1) is 11.1. The molecule has 0 heterocycles. The van der Waals surface area contributed by atoms with Crippen molar-refractivity contribution in [1.82, 2.24) is 0 Å². The number of nitro benzene ring substituents is 1. The molecule has 2 aromatic carbocycles. The van der Waals surface area contributed by atoms with Crippen LogP contribution in [0.4, 0.5) is 5.69 Å². The van der Waals surface area contributed by atoms with Crippen molar-refractivity contribution in [3.63, 3.8) is 0 Å². The maximum Gasteiger partial charge on any atom is 0.276 e. The van der Waals surface area contributed by atoms with Crippen LogP contribution in [0.1, 0.15) is 22.8 Å². The molecule has 0 radical (unpaired) electrons. The summed E-state index contributed by atoms with van der Waals surface area (Å²) >= 11 is 2.04. The molecule has 0 aliphatic heterocycles. The lowest BCUT2D eigenvalue weighted by Gasteiger charge is -2.14. The number of hydrogen-bond donors (Lipinski definition) is 0. The number of nitro groups is 1. The summed E-state index contributed by atoms with van der Waals surface area (Å²) in [6.45, 7) is 2.28. The molecular formula is C16H14INO5. The molecule has 0 aromatic heterocycles. The van der Waals surface area contributed by atoms with E-state index in [0.717, 1.165) is 6.29 Å². The Morgan fingerprint density at radius 2 is 2.00 bits per heavy atom. The van der Waals surface area contributed by atoms with Gasteiger partial charge in [-0.15, -0.1) is 0 Å². The lowest BCUT2D eigenvalue weighted by atomic mass is 10.2. The highest BCUT2D eigenvalue weighted by Crippen LogP contribution is 2.35. The highest BCUT2D eigenvalue weighted by atomic mass is 127. The normalized spacial score (nSPS) is 10.2. The first kappa shape index (κ1) is 17.2. The van der Waals surface area contributed by atoms with Gasteiger partial charge in [0.1, 0.15) is 12.9 Å². The van der Waals surface area contributed by atoms with E-state index in [-0.39, 0.29) is 12.3 Å². The van der Waals surface area contributed by atoms with E-state index in [2.05, 4.69) is 0 Å². The highest BCUT2D eigenvalue weighted by molar-refractivity contribution is 14.1. The van der Waals surface area contributed by atoms with Crippen LogP contribution >= 0.6 is 22.6 Å². The van der Waals surface area contributed by atoms with E-state index < -0.39 is 4.92 Å². The quantitative estimate of drug-likeness (QED) is 0.289. The third-order valence-electron chi connectivity index (χ3n) is 3.03. The Morgan fingerprint density at radius 3 is 2.65 bits per heavy atom. The topological polar surface area (TPSA) is 78.7 Å². The third kappa shape index (κ3) is 4.19. The van der Waals surface area contributed by atoms with E-state index in [1.54, 1.807) is 30.3 Å². The maximum atomic E-state index is 11.0. The Balaban J connectivity index is 2.30. The minimum atomic E-state index is -0.442. The standard InChI is InChI=1S/C16H14INO5/c1-2-22-15-8-11(9-19)7-13(17)16(15)23-10-12-5-3-4-6-14(12)18(20)21/h3-9H,2,10H2,1H3. The molecule has 0 saturated heterocycles. The number of carbonyl (C=O) groups is 1. The fourth-order valence-electron chi connectivity index (χ4n) is 2.02. The average molecular weight is 427 g/mol. The Morgan fingerprint density at radius 1 is 1.26 bits per heavy atom. The van der Waals surface area contributed by atoms with E-state index >= 15 is 0 Å². The second-order valence-electron chi connectivity index (χ2n) is 4.56. The molecule has 6 nitrogen and oxygen atoms in total. The van der Waals surface area contributed by atoms with Crippen molar-refractivity contribution in [3.8, 4) is 11.5 Å². The number of nitrogens with zero attached hydrogens (tertiary/aromatic N) is 1. The van der Waals surface area contributed by atoms with Gasteiger partial charge in [0.05, 0.1) is 20.7 Å². The molecule has 0 atom stereocenters. The molecule has 2 rings (SSSR count). The number of aldehydes is 1. The van der Waals surface area contributed by atoms with Gasteiger partial charge in [-0.3, -0.25) is 14.9 Å². The molecule has 2 aromatic rings. The monoisotopic (exact) mass is 427 g/mol. The molecule has 0 bridgehead atoms. The van der Waals surface area contributed by atoms with Gasteiger partial charge in [-0.1, -0.05) is 12.1 Å². The van der Waals surface area contributed by atoms with Crippen molar-refractivity contribution in [2.75, 3.05) is 6.61 Å². The number of halogens is 1. The number of carbonyl (C=O) groups excluding carboxylic acids is 1. The van der Waals surface area contributed by atoms with Gasteiger partial charge < -0.3 is 9.47 Å². The van der Waals surface area contributed by atoms with Gasteiger partial charge in [0.25, 0.3) is 5.69 Å². The summed E-state index contributed by atoms with van der Waals surface area (Å²) in [6.07, 6.45) is 0.733. The Kier molecular flexibility index (Phi) is 5.91. The maximum absolute atomic E-state index is 11.0. The van der Waals surface area contributed by atoms with Gasteiger partial charge in [-0.25, -0.2) is 0 Å². The molecule has 0 fully saturated rings. The van der Waals surface area contributed by atoms with Crippen LogP contribution in [0.25, 0.3) is 0 Å². The SMILES string of the molecule is CCOc1cc(C=O)cc(I)c1OCc1ccccc1[N+](=O)[O-]. The molecule has 0 saturated carbocycles. The number of benzene rings is 2. The molecule has 0 spiro atoms. The predicted octanol–water partition coefficient (Wildman–Crippen LogP) is 3.99. The van der Waals surface area contributed by atoms with Crippen LogP contribution in [0.2, 0.25) is 0 Å². The lowest BCUT2D eigenvalue weighted by Crippen LogP contribution is -2.04. The lowest BCUT2D eigenvalue weighted by molar-refractivity contribution is -0.385. The summed E-state index contributed by atoms with van der Waals surface area (Å²) in [5, 5.41) is 11.0. The third-order valence-corrected chi connectivity index (χ3v) is 3.83. The minimum Gasteiger partial charge on any atom is -0.490 e. The van der Waals surface area contributed by atoms with Crippen molar-refractivity contribution in [2.24, 2.45) is 0 Å². The second-order valence-corrected chi connectivity index (χ2v) is 5.72. The van der Waals surface area contributed by atoms with E-state index in [9.17, 15) is 14.9 Å². The van der Waals surface area contributed by atoms with Gasteiger partial charge in [0.15, 0.2) is 11.5 Å². The molecule has 0 amide bonds. The first-order valence-corrected chi connectivity index (χ1v) is 7.91. The van der Waals surface area contributed by atoms with Crippen LogP contribution in [0, 0.1) is 13.7 Å². The van der Waals surface area contributed by atoms with Crippen LogP contribution in [0.5, 0.6) is 11.5 Å². The van der Waals surface area contributed by atoms with Gasteiger partial charge in [0, 0.05) is 11.6 Å². The van der Waals surface area contributed by atoms with Gasteiger partial charge in [-0.05, 0) is 47.7 Å². The molecule has 7 heteroatoms. The summed E-state index contributed by atoms with van der Waals surface area (Å²) in [7, 11) is 0. The van der Waals surface area contributed by atoms with Crippen LogP contribution in [-0.4, -0.2) is 17.8 Å². The van der Waals surface area contributed by atoms with Crippen molar-refractivity contribution in [2.45, 2.75) is 13.5 Å². The molecular weight excluding hydrogens is 413 g/mol. The minimum absolute atomic E-state index is 0.00461. The molecule has 0 aliphatic rings. The van der Waals surface area contributed by atoms with Crippen LogP contribution in [-0.2, 0) is 6.61 Å². The summed E-state index contributed by atoms with van der Waals surface area (Å²) in [5.41, 5.74) is 0.955. The molecule has 120 valence electrons. The number of ether oxygens (including phenoxy) is 2. The predicted molar refractivity (Wildman–Crippen MR) is 93.1 cm³/mol. The molecule has 0 aliphatic carbocycles. The van der Waals surface area contributed by atoms with Gasteiger partial charge in [0.2, 0.25) is 0 Å². The van der Waals surface area contributed by atoms with E-state index in [0.29, 0.717) is 32.8 Å². The zero-order chi connectivity index (χ0) is 16.8. The van der Waals surface area contributed by atoms with E-state index in [4.69, 9.17) is 9.47 Å². The van der Waals surface area contributed by atoms with Crippen LogP contribution < -0.4 is 9.47 Å². The van der Waals surface area contributed by atoms with Crippen molar-refractivity contribution in [1.29, 1.82) is 0 Å². The zero-order valence-electron chi connectivity index (χ0n) is 12.3. The molecule has 0 unspecified atom stereocenters. The fourth-order valence-corrected chi connectivity index (χ4v) is 2.80. The summed E-state index contributed by atoms with van der Waals surface area (Å²) < 4.78 is 12.0. The Bertz CT molecular complexity index is 732. The highest BCUT2D eigenvalue weighted by Gasteiger charge is 2.16. The first-order valence-electron chi connectivity index (χ1n) is 6.83. The average Bonchev–Trinajstić information content (AvgIpc) is 2.54. The number of hydrogen-bond acceptors (Lipinski definition) is 5. The molecule has 0 N–H and O–H groups in total. The van der Waals surface area contributed by atoms with Gasteiger partial charge >= 0.3 is 0 Å². The van der Waals surface area contributed by atoms with E-state index in [1.807, 2.05) is 29.5 Å². The number of rotatable bonds is 7. The zero-order valence-corrected chi connectivity index (χ0v) is 14.5. The van der Waals surface area contributed by atoms with E-state index in [1.165, 1.54) is 6.07 Å². The fraction of sp³-hybridized carbons (Fsp3) is 0.188. The van der Waals surface area contributed by atoms with Crippen molar-refractivity contribution >= 4 is 34.6 Å². The summed E-state index contributed by atoms with van der Waals surface area (Å²) in [6, 6.07) is 9.66. The second kappa shape index (κ2) is 7.91. The van der Waals surface area contributed by atoms with Crippen LogP contribution in [0.3, 0.4) is 0 Å². The smallest absolute Gasteiger partial charge is 0.276 e. The number of para-hydroxylation sites is 1. The Hall–Kier alpha value is -2.16.